The highest BCUT2D eigenvalue weighted by atomic mass is 32.2. The van der Waals surface area contributed by atoms with Crippen molar-refractivity contribution < 1.29 is 8.42 Å². The Bertz CT molecular complexity index is 596. The van der Waals surface area contributed by atoms with Crippen molar-refractivity contribution in [2.24, 2.45) is 11.7 Å². The minimum Gasteiger partial charge on any atom is -0.389 e. The smallest absolute Gasteiger partial charge is 0.241 e. The Morgan fingerprint density at radius 3 is 2.61 bits per heavy atom. The van der Waals surface area contributed by atoms with Crippen LogP contribution in [0.5, 0.6) is 0 Å². The normalized spacial score (nSPS) is 22.8. The van der Waals surface area contributed by atoms with Crippen molar-refractivity contribution in [1.82, 2.24) is 4.72 Å². The molecule has 2 unspecified atom stereocenters. The lowest BCUT2D eigenvalue weighted by molar-refractivity contribution is 0.577. The molecule has 2 atom stereocenters. The summed E-state index contributed by atoms with van der Waals surface area (Å²) < 4.78 is 27.1. The van der Waals surface area contributed by atoms with E-state index in [4.69, 9.17) is 18.0 Å². The van der Waals surface area contributed by atoms with Crippen molar-refractivity contribution in [3.05, 3.63) is 29.3 Å². The van der Waals surface area contributed by atoms with E-state index in [2.05, 4.69) is 4.72 Å². The van der Waals surface area contributed by atoms with Crippen molar-refractivity contribution in [3.63, 3.8) is 0 Å². The minimum absolute atomic E-state index is 0.0582. The van der Waals surface area contributed by atoms with E-state index in [1.165, 1.54) is 6.07 Å². The van der Waals surface area contributed by atoms with Crippen LogP contribution in [0.15, 0.2) is 23.1 Å². The van der Waals surface area contributed by atoms with Crippen molar-refractivity contribution >= 4 is 27.2 Å². The second-order valence-corrected chi connectivity index (χ2v) is 6.91. The van der Waals surface area contributed by atoms with Gasteiger partial charge in [-0.1, -0.05) is 31.3 Å². The van der Waals surface area contributed by atoms with Crippen LogP contribution in [0, 0.1) is 12.8 Å². The third kappa shape index (κ3) is 2.71. The summed E-state index contributed by atoms with van der Waals surface area (Å²) in [4.78, 5) is 0.457. The van der Waals surface area contributed by atoms with E-state index in [0.29, 0.717) is 17.0 Å². The van der Waals surface area contributed by atoms with Crippen LogP contribution >= 0.6 is 12.2 Å². The van der Waals surface area contributed by atoms with Crippen LogP contribution in [0.1, 0.15) is 24.5 Å². The van der Waals surface area contributed by atoms with Gasteiger partial charge in [0.1, 0.15) is 4.99 Å². The van der Waals surface area contributed by atoms with Gasteiger partial charge >= 0.3 is 0 Å². The summed E-state index contributed by atoms with van der Waals surface area (Å²) >= 11 is 4.87. The maximum atomic E-state index is 12.2. The molecule has 1 aliphatic rings. The minimum atomic E-state index is -3.48. The first-order valence-corrected chi connectivity index (χ1v) is 7.63. The van der Waals surface area contributed by atoms with E-state index in [0.717, 1.165) is 6.42 Å². The number of sulfonamides is 1. The lowest BCUT2D eigenvalue weighted by Gasteiger charge is -2.10. The Morgan fingerprint density at radius 2 is 2.11 bits per heavy atom. The average Bonchev–Trinajstić information content (AvgIpc) is 2.93. The molecule has 0 saturated heterocycles. The van der Waals surface area contributed by atoms with Gasteiger partial charge in [-0.15, -0.1) is 0 Å². The number of aryl methyl sites for hydroxylation is 1. The summed E-state index contributed by atoms with van der Waals surface area (Å²) in [6.07, 6.45) is 0.896. The quantitative estimate of drug-likeness (QED) is 0.818. The molecule has 0 radical (unpaired) electrons. The molecule has 3 N–H and O–H groups in total. The number of thiocarbonyl (C=S) groups is 1. The summed E-state index contributed by atoms with van der Waals surface area (Å²) in [7, 11) is -3.48. The Kier molecular flexibility index (Phi) is 3.44. The van der Waals surface area contributed by atoms with Gasteiger partial charge in [-0.25, -0.2) is 13.1 Å². The Balaban J connectivity index is 2.36. The molecule has 0 spiro atoms. The van der Waals surface area contributed by atoms with Gasteiger partial charge in [0.2, 0.25) is 10.0 Å². The largest absolute Gasteiger partial charge is 0.389 e. The summed E-state index contributed by atoms with van der Waals surface area (Å²) in [6.45, 7) is 3.78. The molecule has 18 heavy (non-hydrogen) atoms. The number of nitrogens with two attached hydrogens (primary N) is 1. The standard InChI is InChI=1S/C12H16N2O2S2/c1-7-3-4-9(12(13)17)6-11(7)18(15,16)14-10-5-8(10)2/h3-4,6,8,10,14H,5H2,1-2H3,(H2,13,17). The number of rotatable bonds is 4. The third-order valence-corrected chi connectivity index (χ3v) is 5.05. The van der Waals surface area contributed by atoms with Crippen molar-refractivity contribution in [1.29, 1.82) is 0 Å². The van der Waals surface area contributed by atoms with Gasteiger partial charge in [-0.3, -0.25) is 0 Å². The summed E-state index contributed by atoms with van der Waals surface area (Å²) in [5.41, 5.74) is 6.79. The van der Waals surface area contributed by atoms with Crippen LogP contribution in [0.25, 0.3) is 0 Å². The molecule has 6 heteroatoms. The maximum Gasteiger partial charge on any atom is 0.241 e. The van der Waals surface area contributed by atoms with E-state index < -0.39 is 10.0 Å². The van der Waals surface area contributed by atoms with Gasteiger partial charge in [0.25, 0.3) is 0 Å². The first-order valence-electron chi connectivity index (χ1n) is 5.74. The van der Waals surface area contributed by atoms with Crippen LogP contribution in [0.2, 0.25) is 0 Å². The maximum absolute atomic E-state index is 12.2. The van der Waals surface area contributed by atoms with E-state index >= 15 is 0 Å². The Morgan fingerprint density at radius 1 is 1.50 bits per heavy atom. The molecule has 1 aromatic rings. The Labute approximate surface area is 113 Å². The van der Waals surface area contributed by atoms with E-state index in [9.17, 15) is 8.42 Å². The topological polar surface area (TPSA) is 72.2 Å². The van der Waals surface area contributed by atoms with Gasteiger partial charge < -0.3 is 5.73 Å². The fourth-order valence-corrected chi connectivity index (χ4v) is 3.55. The predicted octanol–water partition coefficient (Wildman–Crippen LogP) is 1.32. The molecule has 1 saturated carbocycles. The number of hydrogen-bond donors (Lipinski definition) is 2. The Hall–Kier alpha value is -0.980. The first kappa shape index (κ1) is 13.5. The predicted molar refractivity (Wildman–Crippen MR) is 75.0 cm³/mol. The highest BCUT2D eigenvalue weighted by Crippen LogP contribution is 2.31. The molecule has 0 amide bonds. The van der Waals surface area contributed by atoms with E-state index in [1.807, 2.05) is 6.92 Å². The molecule has 0 heterocycles. The van der Waals surface area contributed by atoms with Gasteiger partial charge in [-0.2, -0.15) is 0 Å². The van der Waals surface area contributed by atoms with E-state index in [-0.39, 0.29) is 15.9 Å². The monoisotopic (exact) mass is 284 g/mol. The lowest BCUT2D eigenvalue weighted by atomic mass is 10.1. The molecule has 1 fully saturated rings. The van der Waals surface area contributed by atoms with Crippen molar-refractivity contribution in [2.75, 3.05) is 0 Å². The molecular weight excluding hydrogens is 268 g/mol. The molecule has 0 aromatic heterocycles. The molecule has 0 bridgehead atoms. The van der Waals surface area contributed by atoms with Gasteiger partial charge in [0.05, 0.1) is 4.90 Å². The molecular formula is C12H16N2O2S2. The zero-order valence-corrected chi connectivity index (χ0v) is 11.9. The fraction of sp³-hybridized carbons (Fsp3) is 0.417. The molecule has 0 aliphatic heterocycles. The number of benzene rings is 1. The zero-order valence-electron chi connectivity index (χ0n) is 10.3. The fourth-order valence-electron chi connectivity index (χ4n) is 1.79. The van der Waals surface area contributed by atoms with Crippen LogP contribution < -0.4 is 10.5 Å². The van der Waals surface area contributed by atoms with Crippen LogP contribution in [0.4, 0.5) is 0 Å². The SMILES string of the molecule is Cc1ccc(C(N)=S)cc1S(=O)(=O)NC1CC1C. The number of hydrogen-bond acceptors (Lipinski definition) is 3. The van der Waals surface area contributed by atoms with Gasteiger partial charge in [0.15, 0.2) is 0 Å². The molecule has 1 aliphatic carbocycles. The lowest BCUT2D eigenvalue weighted by Crippen LogP contribution is -2.27. The molecule has 4 nitrogen and oxygen atoms in total. The first-order chi connectivity index (χ1) is 8.31. The molecule has 98 valence electrons. The highest BCUT2D eigenvalue weighted by Gasteiger charge is 2.36. The van der Waals surface area contributed by atoms with Crippen LogP contribution in [-0.2, 0) is 10.0 Å². The summed E-state index contributed by atoms with van der Waals surface area (Å²) in [6, 6.07) is 5.05. The van der Waals surface area contributed by atoms with Crippen LogP contribution in [0.3, 0.4) is 0 Å². The second-order valence-electron chi connectivity index (χ2n) is 4.79. The van der Waals surface area contributed by atoms with Crippen LogP contribution in [-0.4, -0.2) is 19.4 Å². The second kappa shape index (κ2) is 4.60. The molecule has 2 rings (SSSR count). The highest BCUT2D eigenvalue weighted by molar-refractivity contribution is 7.89. The summed E-state index contributed by atoms with van der Waals surface area (Å²) in [5.74, 6) is 0.416. The van der Waals surface area contributed by atoms with Gasteiger partial charge in [0, 0.05) is 11.6 Å². The average molecular weight is 284 g/mol. The van der Waals surface area contributed by atoms with Gasteiger partial charge in [-0.05, 0) is 30.9 Å². The third-order valence-electron chi connectivity index (χ3n) is 3.18. The summed E-state index contributed by atoms with van der Waals surface area (Å²) in [5, 5.41) is 0. The van der Waals surface area contributed by atoms with E-state index in [1.54, 1.807) is 19.1 Å². The van der Waals surface area contributed by atoms with Crippen molar-refractivity contribution in [3.8, 4) is 0 Å². The van der Waals surface area contributed by atoms with Crippen molar-refractivity contribution in [2.45, 2.75) is 31.2 Å². The zero-order chi connectivity index (χ0) is 13.5. The number of nitrogens with one attached hydrogen (secondary N) is 1. The molecule has 1 aromatic carbocycles.